The molecule has 1 amide bonds. The number of halogens is 6. The molecular formula is C30H17F6N3O4S3. The predicted molar refractivity (Wildman–Crippen MR) is 163 cm³/mol. The van der Waals surface area contributed by atoms with Gasteiger partial charge in [-0.1, -0.05) is 6.07 Å². The zero-order valence-electron chi connectivity index (χ0n) is 23.0. The van der Waals surface area contributed by atoms with Crippen LogP contribution in [0.1, 0.15) is 27.0 Å². The lowest BCUT2D eigenvalue weighted by molar-refractivity contribution is -0.143. The van der Waals surface area contributed by atoms with Crippen molar-refractivity contribution in [3.05, 3.63) is 95.1 Å². The molecule has 0 aliphatic carbocycles. The molecule has 236 valence electrons. The second-order valence-electron chi connectivity index (χ2n) is 10.0. The third-order valence-electron chi connectivity index (χ3n) is 6.89. The number of fused-ring (bicyclic) bond motifs is 2. The summed E-state index contributed by atoms with van der Waals surface area (Å²) in [5.74, 6) is -1.23. The molecule has 6 rings (SSSR count). The van der Waals surface area contributed by atoms with E-state index in [1.807, 2.05) is 6.07 Å². The molecule has 2 heterocycles. The van der Waals surface area contributed by atoms with Crippen LogP contribution >= 0.6 is 22.7 Å². The van der Waals surface area contributed by atoms with Crippen LogP contribution in [0.25, 0.3) is 41.6 Å². The highest BCUT2D eigenvalue weighted by Crippen LogP contribution is 2.40. The first kappa shape index (κ1) is 31.6. The summed E-state index contributed by atoms with van der Waals surface area (Å²) in [6.07, 6.45) is -10.2. The van der Waals surface area contributed by atoms with Crippen LogP contribution in [0, 0.1) is 6.92 Å². The third kappa shape index (κ3) is 6.08. The van der Waals surface area contributed by atoms with Gasteiger partial charge < -0.3 is 5.32 Å². The lowest BCUT2D eigenvalue weighted by Gasteiger charge is -2.16. The number of thiazole rings is 2. The topological polar surface area (TPSA) is 109 Å². The molecule has 4 aromatic carbocycles. The molecule has 6 aromatic rings. The molecule has 0 fully saturated rings. The Morgan fingerprint density at radius 3 is 2.07 bits per heavy atom. The highest BCUT2D eigenvalue weighted by Gasteiger charge is 2.39. The molecule has 2 N–H and O–H groups in total. The fraction of sp³-hybridized carbons (Fsp3) is 0.100. The van der Waals surface area contributed by atoms with E-state index in [0.717, 1.165) is 16.0 Å². The van der Waals surface area contributed by atoms with E-state index in [-0.39, 0.29) is 16.6 Å². The Balaban J connectivity index is 1.25. The number of nitrogens with zero attached hydrogens (tertiary/aromatic N) is 2. The van der Waals surface area contributed by atoms with Crippen molar-refractivity contribution in [3.8, 4) is 21.1 Å². The number of benzene rings is 4. The van der Waals surface area contributed by atoms with Crippen molar-refractivity contribution in [2.75, 3.05) is 5.32 Å². The van der Waals surface area contributed by atoms with Gasteiger partial charge in [-0.25, -0.2) is 9.97 Å². The molecule has 46 heavy (non-hydrogen) atoms. The number of anilines is 1. The van der Waals surface area contributed by atoms with E-state index in [2.05, 4.69) is 15.3 Å². The summed E-state index contributed by atoms with van der Waals surface area (Å²) in [4.78, 5) is 21.6. The van der Waals surface area contributed by atoms with Crippen molar-refractivity contribution in [3.63, 3.8) is 0 Å². The maximum absolute atomic E-state index is 13.5. The molecule has 7 nitrogen and oxygen atoms in total. The minimum atomic E-state index is -5.19. The smallest absolute Gasteiger partial charge is 0.322 e. The fourth-order valence-electron chi connectivity index (χ4n) is 4.74. The number of aromatic nitrogens is 2. The summed E-state index contributed by atoms with van der Waals surface area (Å²) in [5, 5.41) is 3.41. The lowest BCUT2D eigenvalue weighted by atomic mass is 10.0. The van der Waals surface area contributed by atoms with Crippen molar-refractivity contribution in [2.24, 2.45) is 0 Å². The summed E-state index contributed by atoms with van der Waals surface area (Å²) in [6.45, 7) is 1.58. The van der Waals surface area contributed by atoms with Gasteiger partial charge in [0, 0.05) is 16.8 Å². The second kappa shape index (κ2) is 11.2. The largest absolute Gasteiger partial charge is 0.417 e. The van der Waals surface area contributed by atoms with Crippen molar-refractivity contribution in [1.29, 1.82) is 0 Å². The highest BCUT2D eigenvalue weighted by molar-refractivity contribution is 7.86. The summed E-state index contributed by atoms with van der Waals surface area (Å²) in [6, 6.07) is 15.5. The Kier molecular flexibility index (Phi) is 7.66. The number of nitrogens with one attached hydrogen (secondary N) is 1. The zero-order valence-corrected chi connectivity index (χ0v) is 25.4. The molecule has 0 radical (unpaired) electrons. The van der Waals surface area contributed by atoms with Crippen LogP contribution in [-0.4, -0.2) is 28.8 Å². The summed E-state index contributed by atoms with van der Waals surface area (Å²) < 4.78 is 114. The van der Waals surface area contributed by atoms with E-state index in [4.69, 9.17) is 0 Å². The third-order valence-corrected chi connectivity index (χ3v) is 10.3. The molecule has 0 bridgehead atoms. The van der Waals surface area contributed by atoms with Gasteiger partial charge in [0.15, 0.2) is 0 Å². The quantitative estimate of drug-likeness (QED) is 0.138. The Morgan fingerprint density at radius 2 is 1.41 bits per heavy atom. The first-order chi connectivity index (χ1) is 21.5. The van der Waals surface area contributed by atoms with Crippen molar-refractivity contribution < 1.29 is 44.1 Å². The number of carbonyl (C=O) groups excluding carboxylic acids is 1. The number of hydrogen-bond acceptors (Lipinski definition) is 7. The monoisotopic (exact) mass is 693 g/mol. The van der Waals surface area contributed by atoms with E-state index in [1.54, 1.807) is 43.3 Å². The zero-order chi connectivity index (χ0) is 33.2. The van der Waals surface area contributed by atoms with E-state index in [1.165, 1.54) is 23.5 Å². The van der Waals surface area contributed by atoms with Gasteiger partial charge in [-0.15, -0.1) is 22.7 Å². The van der Waals surface area contributed by atoms with Crippen LogP contribution in [0.2, 0.25) is 0 Å². The number of aryl methyl sites for hydroxylation is 1. The molecular weight excluding hydrogens is 677 g/mol. The standard InChI is InChI=1S/C30H17F6N3O4S3/c1-14-2-10-22-24(25(14)46(41,42)43)45-28(39-22)16-5-11-21-23(12-16)44-27(38-21)15-3-7-18(8-4-15)37-26(40)19-9-6-17(29(31,32)33)13-20(19)30(34,35)36/h2-13H,1H3,(H,37,40)(H,41,42,43). The number of hydrogen-bond donors (Lipinski definition) is 2. The maximum Gasteiger partial charge on any atom is 0.417 e. The van der Waals surface area contributed by atoms with Gasteiger partial charge in [-0.3, -0.25) is 9.35 Å². The van der Waals surface area contributed by atoms with E-state index >= 15 is 0 Å². The molecule has 16 heteroatoms. The molecule has 0 saturated carbocycles. The molecule has 0 unspecified atom stereocenters. The van der Waals surface area contributed by atoms with Crippen LogP contribution in [0.4, 0.5) is 32.0 Å². The molecule has 0 aliphatic heterocycles. The van der Waals surface area contributed by atoms with E-state index in [0.29, 0.717) is 54.6 Å². The van der Waals surface area contributed by atoms with Gasteiger partial charge in [0.2, 0.25) is 0 Å². The van der Waals surface area contributed by atoms with Crippen LogP contribution in [-0.2, 0) is 22.5 Å². The Bertz CT molecular complexity index is 2280. The average molecular weight is 694 g/mol. The number of amides is 1. The fourth-order valence-corrected chi connectivity index (χ4v) is 8.06. The predicted octanol–water partition coefficient (Wildman–Crippen LogP) is 9.09. The first-order valence-electron chi connectivity index (χ1n) is 13.0. The SMILES string of the molecule is Cc1ccc2nc(-c3ccc4nc(-c5ccc(NC(=O)c6ccc(C(F)(F)F)cc6C(F)(F)F)cc5)sc4c3)sc2c1S(=O)(=O)O. The Labute approximate surface area is 263 Å². The Morgan fingerprint density at radius 1 is 0.783 bits per heavy atom. The summed E-state index contributed by atoms with van der Waals surface area (Å²) in [5.41, 5.74) is -1.28. The molecule has 0 aliphatic rings. The van der Waals surface area contributed by atoms with Crippen LogP contribution in [0.5, 0.6) is 0 Å². The minimum absolute atomic E-state index is 0.0922. The van der Waals surface area contributed by atoms with Gasteiger partial charge in [0.05, 0.1) is 37.1 Å². The second-order valence-corrected chi connectivity index (χ2v) is 13.4. The molecule has 0 spiro atoms. The minimum Gasteiger partial charge on any atom is -0.322 e. The van der Waals surface area contributed by atoms with Crippen LogP contribution in [0.3, 0.4) is 0 Å². The van der Waals surface area contributed by atoms with Crippen LogP contribution < -0.4 is 5.32 Å². The normalized spacial score (nSPS) is 12.6. The highest BCUT2D eigenvalue weighted by atomic mass is 32.2. The number of carbonyl (C=O) groups is 1. The Hall–Kier alpha value is -4.38. The van der Waals surface area contributed by atoms with Crippen molar-refractivity contribution >= 4 is 64.8 Å². The average Bonchev–Trinajstić information content (AvgIpc) is 3.59. The number of alkyl halides is 6. The summed E-state index contributed by atoms with van der Waals surface area (Å²) >= 11 is 2.45. The van der Waals surface area contributed by atoms with Crippen LogP contribution in [0.15, 0.2) is 77.7 Å². The molecule has 2 aromatic heterocycles. The van der Waals surface area contributed by atoms with Gasteiger partial charge in [0.25, 0.3) is 16.0 Å². The molecule has 0 saturated heterocycles. The van der Waals surface area contributed by atoms with Gasteiger partial charge in [-0.2, -0.15) is 34.8 Å². The van der Waals surface area contributed by atoms with Gasteiger partial charge >= 0.3 is 12.4 Å². The first-order valence-corrected chi connectivity index (χ1v) is 16.1. The van der Waals surface area contributed by atoms with Gasteiger partial charge in [-0.05, 0) is 79.2 Å². The summed E-state index contributed by atoms with van der Waals surface area (Å²) in [7, 11) is -4.47. The molecule has 0 atom stereocenters. The van der Waals surface area contributed by atoms with E-state index < -0.39 is 45.1 Å². The maximum atomic E-state index is 13.5. The van der Waals surface area contributed by atoms with E-state index in [9.17, 15) is 44.1 Å². The number of rotatable bonds is 5. The van der Waals surface area contributed by atoms with Gasteiger partial charge in [0.1, 0.15) is 14.9 Å². The lowest BCUT2D eigenvalue weighted by Crippen LogP contribution is -2.20. The van der Waals surface area contributed by atoms with Crippen molar-refractivity contribution in [1.82, 2.24) is 9.97 Å². The van der Waals surface area contributed by atoms with Crippen molar-refractivity contribution in [2.45, 2.75) is 24.2 Å².